The van der Waals surface area contributed by atoms with Gasteiger partial charge < -0.3 is 0 Å². The zero-order valence-corrected chi connectivity index (χ0v) is 7.34. The first-order chi connectivity index (χ1) is 5.95. The molecule has 0 aromatic carbocycles. The molecule has 0 aliphatic heterocycles. The van der Waals surface area contributed by atoms with E-state index in [1.54, 1.807) is 11.3 Å². The fourth-order valence-corrected chi connectivity index (χ4v) is 1.67. The van der Waals surface area contributed by atoms with Gasteiger partial charge in [-0.3, -0.25) is 5.10 Å². The molecule has 0 aliphatic rings. The van der Waals surface area contributed by atoms with Crippen LogP contribution in [0.4, 0.5) is 0 Å². The van der Waals surface area contributed by atoms with Gasteiger partial charge in [-0.15, -0.1) is 11.3 Å². The summed E-state index contributed by atoms with van der Waals surface area (Å²) in [7, 11) is 0. The van der Waals surface area contributed by atoms with Gasteiger partial charge in [0, 0.05) is 17.5 Å². The number of hydrogen-bond acceptors (Lipinski definition) is 2. The van der Waals surface area contributed by atoms with Crippen LogP contribution in [0.15, 0.2) is 29.8 Å². The minimum atomic E-state index is 0.907. The monoisotopic (exact) mass is 177 g/mol. The Bertz CT molecular complexity index is 276. The van der Waals surface area contributed by atoms with E-state index in [1.807, 2.05) is 12.3 Å². The van der Waals surface area contributed by atoms with Crippen LogP contribution in [0, 0.1) is 6.42 Å². The van der Waals surface area contributed by atoms with Crippen LogP contribution >= 0.6 is 11.3 Å². The molecule has 61 valence electrons. The third-order valence-electron chi connectivity index (χ3n) is 1.61. The smallest absolute Gasteiger partial charge is 0.0628 e. The standard InChI is InChI=1S/C9H9N2S/c1-2-9(12-7-1)4-3-8-5-6-10-11-8/h1-2,4-7H,3H2,(H,10,11). The lowest BCUT2D eigenvalue weighted by Crippen LogP contribution is -1.85. The van der Waals surface area contributed by atoms with Gasteiger partial charge in [0.1, 0.15) is 0 Å². The normalized spacial score (nSPS) is 10.3. The van der Waals surface area contributed by atoms with Gasteiger partial charge in [0.05, 0.1) is 5.69 Å². The molecule has 3 heteroatoms. The number of H-pyrrole nitrogens is 1. The fraction of sp³-hybridized carbons (Fsp3) is 0.111. The summed E-state index contributed by atoms with van der Waals surface area (Å²) in [6.07, 6.45) is 4.93. The second-order valence-electron chi connectivity index (χ2n) is 2.49. The maximum absolute atomic E-state index is 4.06. The van der Waals surface area contributed by atoms with Crippen molar-refractivity contribution in [2.45, 2.75) is 6.42 Å². The first kappa shape index (κ1) is 7.55. The molecule has 2 aromatic rings. The molecule has 0 amide bonds. The lowest BCUT2D eigenvalue weighted by atomic mass is 10.2. The molecule has 0 unspecified atom stereocenters. The van der Waals surface area contributed by atoms with Crippen LogP contribution in [0.2, 0.25) is 0 Å². The first-order valence-corrected chi connectivity index (χ1v) is 4.68. The van der Waals surface area contributed by atoms with Crippen molar-refractivity contribution in [3.8, 4) is 0 Å². The number of rotatable bonds is 3. The van der Waals surface area contributed by atoms with E-state index in [-0.39, 0.29) is 0 Å². The molecule has 2 nitrogen and oxygen atoms in total. The van der Waals surface area contributed by atoms with Crippen molar-refractivity contribution in [3.05, 3.63) is 46.8 Å². The number of aromatic amines is 1. The van der Waals surface area contributed by atoms with Crippen molar-refractivity contribution in [2.24, 2.45) is 0 Å². The highest BCUT2D eigenvalue weighted by Crippen LogP contribution is 2.12. The number of hydrogen-bond donors (Lipinski definition) is 1. The number of aromatic nitrogens is 2. The predicted molar refractivity (Wildman–Crippen MR) is 50.0 cm³/mol. The third-order valence-corrected chi connectivity index (χ3v) is 2.48. The van der Waals surface area contributed by atoms with Crippen molar-refractivity contribution < 1.29 is 0 Å². The van der Waals surface area contributed by atoms with Gasteiger partial charge in [-0.1, -0.05) is 6.07 Å². The minimum absolute atomic E-state index is 0.907. The van der Waals surface area contributed by atoms with Gasteiger partial charge in [-0.2, -0.15) is 5.10 Å². The van der Waals surface area contributed by atoms with Crippen LogP contribution in [0.25, 0.3) is 0 Å². The molecule has 0 bridgehead atoms. The van der Waals surface area contributed by atoms with Crippen LogP contribution in [0.5, 0.6) is 0 Å². The average molecular weight is 177 g/mol. The quantitative estimate of drug-likeness (QED) is 0.765. The molecular formula is C9H9N2S. The SMILES string of the molecule is [CH](Cc1cc[nH]n1)c1cccs1. The molecule has 2 rings (SSSR count). The molecule has 1 N–H and O–H groups in total. The van der Waals surface area contributed by atoms with Gasteiger partial charge >= 0.3 is 0 Å². The third kappa shape index (κ3) is 1.74. The van der Waals surface area contributed by atoms with E-state index in [4.69, 9.17) is 0 Å². The van der Waals surface area contributed by atoms with E-state index in [0.717, 1.165) is 12.1 Å². The Labute approximate surface area is 75.3 Å². The summed E-state index contributed by atoms with van der Waals surface area (Å²) in [5, 5.41) is 8.94. The van der Waals surface area contributed by atoms with E-state index < -0.39 is 0 Å². The maximum Gasteiger partial charge on any atom is 0.0628 e. The van der Waals surface area contributed by atoms with Crippen molar-refractivity contribution >= 4 is 11.3 Å². The maximum atomic E-state index is 4.06. The molecule has 0 saturated heterocycles. The summed E-state index contributed by atoms with van der Waals surface area (Å²) in [6.45, 7) is 0. The molecule has 0 fully saturated rings. The van der Waals surface area contributed by atoms with Gasteiger partial charge in [0.15, 0.2) is 0 Å². The zero-order chi connectivity index (χ0) is 8.23. The highest BCUT2D eigenvalue weighted by Gasteiger charge is 1.97. The topological polar surface area (TPSA) is 28.7 Å². The summed E-state index contributed by atoms with van der Waals surface area (Å²) in [5.41, 5.74) is 1.09. The minimum Gasteiger partial charge on any atom is -0.285 e. The largest absolute Gasteiger partial charge is 0.285 e. The van der Waals surface area contributed by atoms with Gasteiger partial charge in [-0.05, 0) is 23.9 Å². The Hall–Kier alpha value is -1.09. The van der Waals surface area contributed by atoms with E-state index in [9.17, 15) is 0 Å². The summed E-state index contributed by atoms with van der Waals surface area (Å²) in [6, 6.07) is 6.16. The van der Waals surface area contributed by atoms with E-state index in [0.29, 0.717) is 0 Å². The molecule has 0 aliphatic carbocycles. The molecule has 2 aromatic heterocycles. The molecular weight excluding hydrogens is 168 g/mol. The Morgan fingerprint density at radius 2 is 2.50 bits per heavy atom. The zero-order valence-electron chi connectivity index (χ0n) is 6.53. The van der Waals surface area contributed by atoms with Crippen LogP contribution in [0.1, 0.15) is 10.6 Å². The van der Waals surface area contributed by atoms with Crippen molar-refractivity contribution in [1.29, 1.82) is 0 Å². The number of nitrogens with zero attached hydrogens (tertiary/aromatic N) is 1. The van der Waals surface area contributed by atoms with Crippen LogP contribution < -0.4 is 0 Å². The van der Waals surface area contributed by atoms with Crippen molar-refractivity contribution in [2.75, 3.05) is 0 Å². The van der Waals surface area contributed by atoms with E-state index in [2.05, 4.69) is 34.1 Å². The number of thiophene rings is 1. The van der Waals surface area contributed by atoms with E-state index >= 15 is 0 Å². The second-order valence-corrected chi connectivity index (χ2v) is 3.47. The van der Waals surface area contributed by atoms with Gasteiger partial charge in [0.25, 0.3) is 0 Å². The first-order valence-electron chi connectivity index (χ1n) is 3.80. The Balaban J connectivity index is 1.91. The van der Waals surface area contributed by atoms with Gasteiger partial charge in [0.2, 0.25) is 0 Å². The fourth-order valence-electron chi connectivity index (χ4n) is 1.02. The summed E-state index contributed by atoms with van der Waals surface area (Å²) < 4.78 is 0. The lowest BCUT2D eigenvalue weighted by Gasteiger charge is -1.91. The number of nitrogens with one attached hydrogen (secondary N) is 1. The Morgan fingerprint density at radius 3 is 3.17 bits per heavy atom. The summed E-state index contributed by atoms with van der Waals surface area (Å²) in [4.78, 5) is 1.30. The van der Waals surface area contributed by atoms with Crippen molar-refractivity contribution in [3.63, 3.8) is 0 Å². The Morgan fingerprint density at radius 1 is 1.50 bits per heavy atom. The van der Waals surface area contributed by atoms with E-state index in [1.165, 1.54) is 4.88 Å². The van der Waals surface area contributed by atoms with Crippen LogP contribution in [-0.2, 0) is 6.42 Å². The van der Waals surface area contributed by atoms with Crippen LogP contribution in [-0.4, -0.2) is 10.2 Å². The highest BCUT2D eigenvalue weighted by atomic mass is 32.1. The lowest BCUT2D eigenvalue weighted by molar-refractivity contribution is 0.993. The summed E-state index contributed by atoms with van der Waals surface area (Å²) >= 11 is 1.75. The van der Waals surface area contributed by atoms with Crippen LogP contribution in [0.3, 0.4) is 0 Å². The van der Waals surface area contributed by atoms with Gasteiger partial charge in [-0.25, -0.2) is 0 Å². The Kier molecular flexibility index (Phi) is 2.23. The second kappa shape index (κ2) is 3.54. The molecule has 1 radical (unpaired) electrons. The molecule has 0 atom stereocenters. The predicted octanol–water partition coefficient (Wildman–Crippen LogP) is 2.27. The molecule has 12 heavy (non-hydrogen) atoms. The molecule has 0 spiro atoms. The average Bonchev–Trinajstić information content (AvgIpc) is 2.74. The molecule has 2 heterocycles. The summed E-state index contributed by atoms with van der Waals surface area (Å²) in [5.74, 6) is 0. The highest BCUT2D eigenvalue weighted by molar-refractivity contribution is 7.10. The van der Waals surface area contributed by atoms with Crippen molar-refractivity contribution in [1.82, 2.24) is 10.2 Å². The molecule has 0 saturated carbocycles.